The molecular formula is C34H38N4O9. The lowest BCUT2D eigenvalue weighted by atomic mass is 10.1. The lowest BCUT2D eigenvalue weighted by Crippen LogP contribution is -2.49. The van der Waals surface area contributed by atoms with Gasteiger partial charge in [0.15, 0.2) is 12.2 Å². The van der Waals surface area contributed by atoms with Crippen LogP contribution in [0.1, 0.15) is 36.0 Å². The first kappa shape index (κ1) is 34.6. The van der Waals surface area contributed by atoms with Crippen LogP contribution in [0.3, 0.4) is 0 Å². The van der Waals surface area contributed by atoms with E-state index in [2.05, 4.69) is 16.0 Å². The van der Waals surface area contributed by atoms with Gasteiger partial charge in [-0.1, -0.05) is 72.8 Å². The number of epoxide rings is 1. The van der Waals surface area contributed by atoms with Crippen LogP contribution in [0, 0.1) is 0 Å². The Morgan fingerprint density at radius 2 is 1.36 bits per heavy atom. The highest BCUT2D eigenvalue weighted by molar-refractivity contribution is 5.98. The standard InChI is InChI=1S/C34H38N4O9/c39-28(38-45)13-7-12-26(31(40)35-19-18-22-8-3-1-4-9-22)36-32(41)29-30(47-29)33(42)37-27(34(43)44)20-23-14-16-25(17-15-23)46-21-24-10-5-2-6-11-24/h1-6,8-11,14-17,26-27,29-30,45H,7,12-13,18-21H2,(H,35,40)(H,36,41)(H,37,42)(H,38,39)(H,43,44)/t26-,27-,29-,30-/m0/s1. The average Bonchev–Trinajstić information content (AvgIpc) is 3.89. The van der Waals surface area contributed by atoms with Crippen LogP contribution in [-0.2, 0) is 48.2 Å². The van der Waals surface area contributed by atoms with Crippen LogP contribution in [0.25, 0.3) is 0 Å². The maximum absolute atomic E-state index is 12.9. The number of nitrogens with one attached hydrogen (secondary N) is 4. The lowest BCUT2D eigenvalue weighted by Gasteiger charge is -2.18. The zero-order valence-electron chi connectivity index (χ0n) is 25.6. The average molecular weight is 647 g/mol. The Morgan fingerprint density at radius 3 is 1.96 bits per heavy atom. The van der Waals surface area contributed by atoms with Gasteiger partial charge in [-0.3, -0.25) is 24.4 Å². The highest BCUT2D eigenvalue weighted by Gasteiger charge is 2.51. The second-order valence-electron chi connectivity index (χ2n) is 11.0. The van der Waals surface area contributed by atoms with E-state index in [0.29, 0.717) is 30.9 Å². The molecule has 47 heavy (non-hydrogen) atoms. The van der Waals surface area contributed by atoms with Gasteiger partial charge in [0.05, 0.1) is 0 Å². The molecule has 4 rings (SSSR count). The Hall–Kier alpha value is -5.27. The van der Waals surface area contributed by atoms with Gasteiger partial charge in [0.25, 0.3) is 11.8 Å². The van der Waals surface area contributed by atoms with Gasteiger partial charge >= 0.3 is 5.97 Å². The molecule has 0 bridgehead atoms. The van der Waals surface area contributed by atoms with Crippen molar-refractivity contribution in [2.45, 2.75) is 63.0 Å². The molecule has 3 aromatic carbocycles. The zero-order chi connectivity index (χ0) is 33.6. The van der Waals surface area contributed by atoms with Crippen molar-refractivity contribution in [3.63, 3.8) is 0 Å². The molecule has 1 saturated heterocycles. The third kappa shape index (κ3) is 11.2. The van der Waals surface area contributed by atoms with Gasteiger partial charge in [-0.05, 0) is 48.1 Å². The number of carbonyl (C=O) groups is 5. The third-order valence-corrected chi connectivity index (χ3v) is 7.44. The first-order valence-electron chi connectivity index (χ1n) is 15.2. The summed E-state index contributed by atoms with van der Waals surface area (Å²) in [7, 11) is 0. The summed E-state index contributed by atoms with van der Waals surface area (Å²) in [6.45, 7) is 0.683. The molecule has 0 radical (unpaired) electrons. The summed E-state index contributed by atoms with van der Waals surface area (Å²) in [6.07, 6.45) is -1.72. The fraction of sp³-hybridized carbons (Fsp3) is 0.324. The summed E-state index contributed by atoms with van der Waals surface area (Å²) >= 11 is 0. The molecule has 1 fully saturated rings. The number of hydrogen-bond donors (Lipinski definition) is 6. The molecule has 0 unspecified atom stereocenters. The van der Waals surface area contributed by atoms with Gasteiger partial charge in [-0.2, -0.15) is 0 Å². The number of rotatable bonds is 18. The van der Waals surface area contributed by atoms with Gasteiger partial charge in [0, 0.05) is 19.4 Å². The van der Waals surface area contributed by atoms with Gasteiger partial charge in [0.1, 0.15) is 24.4 Å². The van der Waals surface area contributed by atoms with E-state index < -0.39 is 53.9 Å². The highest BCUT2D eigenvalue weighted by atomic mass is 16.6. The third-order valence-electron chi connectivity index (χ3n) is 7.44. The summed E-state index contributed by atoms with van der Waals surface area (Å²) in [5, 5.41) is 26.2. The number of carboxylic acid groups (broad SMARTS) is 1. The Kier molecular flexibility index (Phi) is 12.8. The zero-order valence-corrected chi connectivity index (χ0v) is 25.6. The fourth-order valence-corrected chi connectivity index (χ4v) is 4.81. The van der Waals surface area contributed by atoms with E-state index in [4.69, 9.17) is 14.7 Å². The number of amides is 4. The number of carboxylic acids is 1. The molecule has 13 heteroatoms. The van der Waals surface area contributed by atoms with Crippen LogP contribution in [0.2, 0.25) is 0 Å². The molecule has 0 saturated carbocycles. The number of benzene rings is 3. The molecule has 248 valence electrons. The van der Waals surface area contributed by atoms with E-state index in [-0.39, 0.29) is 25.7 Å². The van der Waals surface area contributed by atoms with Crippen LogP contribution in [0.4, 0.5) is 0 Å². The summed E-state index contributed by atoms with van der Waals surface area (Å²) in [5.41, 5.74) is 4.18. The Morgan fingerprint density at radius 1 is 0.766 bits per heavy atom. The Balaban J connectivity index is 1.27. The number of hydrogen-bond acceptors (Lipinski definition) is 8. The minimum atomic E-state index is -1.28. The van der Waals surface area contributed by atoms with E-state index >= 15 is 0 Å². The molecule has 0 aromatic heterocycles. The van der Waals surface area contributed by atoms with Crippen molar-refractivity contribution in [3.8, 4) is 5.75 Å². The minimum Gasteiger partial charge on any atom is -0.489 e. The number of hydroxylamine groups is 1. The second kappa shape index (κ2) is 17.4. The SMILES string of the molecule is O=C(CCC[C@H](NC(=O)[C@H]1O[C@@H]1C(=O)N[C@@H](Cc1ccc(OCc2ccccc2)cc1)C(=O)O)C(=O)NCCc1ccccc1)NO. The maximum Gasteiger partial charge on any atom is 0.326 e. The van der Waals surface area contributed by atoms with Crippen LogP contribution in [0.15, 0.2) is 84.9 Å². The van der Waals surface area contributed by atoms with Crippen molar-refractivity contribution in [1.29, 1.82) is 0 Å². The van der Waals surface area contributed by atoms with E-state index in [9.17, 15) is 29.1 Å². The number of carbonyl (C=O) groups excluding carboxylic acids is 4. The molecule has 4 amide bonds. The molecular weight excluding hydrogens is 608 g/mol. The normalized spacial score (nSPS) is 16.2. The van der Waals surface area contributed by atoms with E-state index in [1.807, 2.05) is 60.7 Å². The predicted molar refractivity (Wildman–Crippen MR) is 168 cm³/mol. The largest absolute Gasteiger partial charge is 0.489 e. The van der Waals surface area contributed by atoms with Crippen LogP contribution in [0.5, 0.6) is 5.75 Å². The summed E-state index contributed by atoms with van der Waals surface area (Å²) in [4.78, 5) is 62.0. The topological polar surface area (TPSA) is 196 Å². The van der Waals surface area contributed by atoms with Crippen molar-refractivity contribution in [2.24, 2.45) is 0 Å². The van der Waals surface area contributed by atoms with Crippen molar-refractivity contribution < 1.29 is 43.8 Å². The van der Waals surface area contributed by atoms with Gasteiger partial charge in [-0.25, -0.2) is 10.3 Å². The van der Waals surface area contributed by atoms with Crippen molar-refractivity contribution in [2.75, 3.05) is 6.54 Å². The molecule has 0 aliphatic carbocycles. The Bertz CT molecular complexity index is 1500. The van der Waals surface area contributed by atoms with Crippen molar-refractivity contribution >= 4 is 29.6 Å². The molecule has 6 N–H and O–H groups in total. The van der Waals surface area contributed by atoms with Crippen LogP contribution >= 0.6 is 0 Å². The molecule has 4 atom stereocenters. The van der Waals surface area contributed by atoms with E-state index in [1.165, 1.54) is 5.48 Å². The molecule has 13 nitrogen and oxygen atoms in total. The van der Waals surface area contributed by atoms with Crippen LogP contribution in [-0.4, -0.2) is 70.7 Å². The monoisotopic (exact) mass is 646 g/mol. The van der Waals surface area contributed by atoms with E-state index in [1.54, 1.807) is 24.3 Å². The highest BCUT2D eigenvalue weighted by Crippen LogP contribution is 2.23. The lowest BCUT2D eigenvalue weighted by molar-refractivity contribution is -0.142. The molecule has 3 aromatic rings. The molecule has 0 spiro atoms. The van der Waals surface area contributed by atoms with Crippen molar-refractivity contribution in [3.05, 3.63) is 102 Å². The van der Waals surface area contributed by atoms with E-state index in [0.717, 1.165) is 11.1 Å². The number of ether oxygens (including phenoxy) is 2. The summed E-state index contributed by atoms with van der Waals surface area (Å²) < 4.78 is 11.0. The molecule has 1 aliphatic rings. The molecule has 1 heterocycles. The minimum absolute atomic E-state index is 0.0176. The van der Waals surface area contributed by atoms with Crippen LogP contribution < -0.4 is 26.2 Å². The smallest absolute Gasteiger partial charge is 0.326 e. The molecule has 1 aliphatic heterocycles. The fourth-order valence-electron chi connectivity index (χ4n) is 4.81. The quantitative estimate of drug-likeness (QED) is 0.0677. The van der Waals surface area contributed by atoms with Gasteiger partial charge in [-0.15, -0.1) is 0 Å². The first-order valence-corrected chi connectivity index (χ1v) is 15.2. The first-order chi connectivity index (χ1) is 22.7. The van der Waals surface area contributed by atoms with Gasteiger partial charge in [0.2, 0.25) is 11.8 Å². The van der Waals surface area contributed by atoms with Crippen molar-refractivity contribution in [1.82, 2.24) is 21.4 Å². The maximum atomic E-state index is 12.9. The second-order valence-corrected chi connectivity index (χ2v) is 11.0. The van der Waals surface area contributed by atoms with Gasteiger partial charge < -0.3 is 30.5 Å². The summed E-state index contributed by atoms with van der Waals surface area (Å²) in [6, 6.07) is 23.6. The predicted octanol–water partition coefficient (Wildman–Crippen LogP) is 1.66. The number of aliphatic carboxylic acids is 1. The summed E-state index contributed by atoms with van der Waals surface area (Å²) in [5.74, 6) is -3.27. The Labute approximate surface area is 271 Å².